The van der Waals surface area contributed by atoms with Crippen molar-refractivity contribution in [2.75, 3.05) is 55.8 Å². The number of anilines is 1. The second-order valence-corrected chi connectivity index (χ2v) is 12.1. The Bertz CT molecular complexity index is 1720. The van der Waals surface area contributed by atoms with Gasteiger partial charge in [-0.15, -0.1) is 0 Å². The van der Waals surface area contributed by atoms with Gasteiger partial charge in [0.15, 0.2) is 17.2 Å². The molecule has 0 atom stereocenters. The molecule has 2 aliphatic heterocycles. The number of benzene rings is 1. The smallest absolute Gasteiger partial charge is 0.229 e. The highest BCUT2D eigenvalue weighted by atomic mass is 32.2. The average Bonchev–Trinajstić information content (AvgIpc) is 3.54. The van der Waals surface area contributed by atoms with Gasteiger partial charge in [-0.1, -0.05) is 12.1 Å². The van der Waals surface area contributed by atoms with Gasteiger partial charge in [-0.2, -0.15) is 0 Å². The molecule has 0 radical (unpaired) electrons. The molecule has 190 valence electrons. The quantitative estimate of drug-likeness (QED) is 0.370. The number of furan rings is 1. The molecule has 10 nitrogen and oxygen atoms in total. The van der Waals surface area contributed by atoms with E-state index in [1.165, 1.54) is 0 Å². The molecule has 1 aromatic carbocycles. The van der Waals surface area contributed by atoms with Crippen LogP contribution >= 0.6 is 0 Å². The molecular formula is C26H27N7O3S. The first-order valence-electron chi connectivity index (χ1n) is 12.5. The van der Waals surface area contributed by atoms with Crippen LogP contribution in [0.3, 0.4) is 0 Å². The van der Waals surface area contributed by atoms with Gasteiger partial charge in [0.05, 0.1) is 18.6 Å². The summed E-state index contributed by atoms with van der Waals surface area (Å²) in [7, 11) is -2.43. The summed E-state index contributed by atoms with van der Waals surface area (Å²) < 4.78 is 31.8. The van der Waals surface area contributed by atoms with E-state index in [-0.39, 0.29) is 0 Å². The molecule has 2 aliphatic rings. The molecular weight excluding hydrogens is 490 g/mol. The summed E-state index contributed by atoms with van der Waals surface area (Å²) in [5, 5.41) is 1.92. The number of pyridine rings is 1. The van der Waals surface area contributed by atoms with Crippen LogP contribution in [0.1, 0.15) is 5.56 Å². The van der Waals surface area contributed by atoms with Crippen LogP contribution < -0.4 is 4.90 Å². The zero-order valence-corrected chi connectivity index (χ0v) is 21.1. The topological polar surface area (TPSA) is 124 Å². The minimum Gasteiger partial charge on any atom is -0.432 e. The molecule has 0 bridgehead atoms. The molecule has 0 amide bonds. The molecule has 5 aromatic rings. The van der Waals surface area contributed by atoms with Crippen LogP contribution in [-0.4, -0.2) is 79.9 Å². The monoisotopic (exact) mass is 517 g/mol. The lowest BCUT2D eigenvalue weighted by atomic mass is 10.1. The lowest BCUT2D eigenvalue weighted by Crippen LogP contribution is -2.39. The summed E-state index contributed by atoms with van der Waals surface area (Å²) in [6.07, 6.45) is 3.76. The van der Waals surface area contributed by atoms with E-state index in [2.05, 4.69) is 25.8 Å². The number of ether oxygens (including phenoxy) is 1. The van der Waals surface area contributed by atoms with Gasteiger partial charge in [0.2, 0.25) is 5.71 Å². The summed E-state index contributed by atoms with van der Waals surface area (Å²) in [5.41, 5.74) is 4.95. The molecule has 0 saturated carbocycles. The van der Waals surface area contributed by atoms with Crippen molar-refractivity contribution in [1.82, 2.24) is 24.8 Å². The Morgan fingerprint density at radius 3 is 2.73 bits per heavy atom. The van der Waals surface area contributed by atoms with Crippen molar-refractivity contribution in [3.05, 3.63) is 48.3 Å². The third-order valence-electron chi connectivity index (χ3n) is 7.24. The van der Waals surface area contributed by atoms with Crippen LogP contribution in [0.15, 0.2) is 47.1 Å². The summed E-state index contributed by atoms with van der Waals surface area (Å²) in [6, 6.07) is 10.2. The Kier molecular flexibility index (Phi) is 5.38. The van der Waals surface area contributed by atoms with Gasteiger partial charge < -0.3 is 19.0 Å². The third kappa shape index (κ3) is 4.12. The van der Waals surface area contributed by atoms with Gasteiger partial charge in [-0.05, 0) is 23.8 Å². The van der Waals surface area contributed by atoms with E-state index in [9.17, 15) is 4.21 Å². The molecule has 6 heterocycles. The first-order chi connectivity index (χ1) is 18.0. The first-order valence-corrected chi connectivity index (χ1v) is 14.4. The maximum absolute atomic E-state index is 12.1. The van der Waals surface area contributed by atoms with Crippen molar-refractivity contribution in [2.24, 2.45) is 0 Å². The average molecular weight is 518 g/mol. The molecule has 7 rings (SSSR count). The minimum absolute atomic E-state index is 0.418. The predicted molar refractivity (Wildman–Crippen MR) is 143 cm³/mol. The van der Waals surface area contributed by atoms with Gasteiger partial charge in [-0.25, -0.2) is 19.2 Å². The number of aromatic nitrogens is 4. The zero-order chi connectivity index (χ0) is 25.0. The summed E-state index contributed by atoms with van der Waals surface area (Å²) in [6.45, 7) is 4.71. The Morgan fingerprint density at radius 1 is 1.05 bits per heavy atom. The molecule has 2 saturated heterocycles. The van der Waals surface area contributed by atoms with Gasteiger partial charge in [-0.3, -0.25) is 9.68 Å². The number of morpholine rings is 1. The maximum Gasteiger partial charge on any atom is 0.229 e. The van der Waals surface area contributed by atoms with E-state index >= 15 is 0 Å². The zero-order valence-electron chi connectivity index (χ0n) is 20.3. The normalized spacial score (nSPS) is 18.8. The van der Waals surface area contributed by atoms with E-state index in [1.807, 2.05) is 36.7 Å². The van der Waals surface area contributed by atoms with Crippen LogP contribution in [0.2, 0.25) is 0 Å². The van der Waals surface area contributed by atoms with Crippen molar-refractivity contribution in [2.45, 2.75) is 6.54 Å². The molecule has 2 fully saturated rings. The van der Waals surface area contributed by atoms with Gasteiger partial charge in [0.1, 0.15) is 5.52 Å². The maximum atomic E-state index is 12.1. The van der Waals surface area contributed by atoms with Crippen molar-refractivity contribution in [3.63, 3.8) is 0 Å². The van der Waals surface area contributed by atoms with Crippen molar-refractivity contribution in [3.8, 4) is 11.4 Å². The Labute approximate surface area is 213 Å². The Balaban J connectivity index is 1.36. The number of aromatic amines is 1. The molecule has 37 heavy (non-hydrogen) atoms. The third-order valence-corrected chi connectivity index (χ3v) is 8.92. The molecule has 0 unspecified atom stereocenters. The lowest BCUT2D eigenvalue weighted by molar-refractivity contribution is 0.122. The van der Waals surface area contributed by atoms with E-state index in [0.717, 1.165) is 51.8 Å². The second kappa shape index (κ2) is 8.79. The first kappa shape index (κ1) is 22.6. The minimum atomic E-state index is -2.43. The Morgan fingerprint density at radius 2 is 1.89 bits per heavy atom. The van der Waals surface area contributed by atoms with Gasteiger partial charge in [0, 0.05) is 82.8 Å². The van der Waals surface area contributed by atoms with Crippen molar-refractivity contribution in [1.29, 1.82) is 4.78 Å². The van der Waals surface area contributed by atoms with Crippen molar-refractivity contribution >= 4 is 48.6 Å². The van der Waals surface area contributed by atoms with Crippen molar-refractivity contribution < 1.29 is 13.4 Å². The van der Waals surface area contributed by atoms with Crippen LogP contribution in [-0.2, 0) is 21.0 Å². The van der Waals surface area contributed by atoms with Gasteiger partial charge in [0.25, 0.3) is 0 Å². The number of hydrogen-bond donors (Lipinski definition) is 2. The predicted octanol–water partition coefficient (Wildman–Crippen LogP) is 3.62. The molecule has 0 spiro atoms. The fourth-order valence-electron chi connectivity index (χ4n) is 5.22. The standard InChI is InChI=1S/C26H27N7O3S/c27-37(34)12-8-32(9-13-37)16-17-14-20-22-23(36-26(20)29-15-17)25(33-6-10-35-11-7-33)31-24(30-22)19-2-1-3-21-18(19)4-5-28-21/h1-5,14-15,27-28H,6-13,16H2. The van der Waals surface area contributed by atoms with Crippen LogP contribution in [0, 0.1) is 4.78 Å². The van der Waals surface area contributed by atoms with Gasteiger partial charge >= 0.3 is 0 Å². The van der Waals surface area contributed by atoms with Crippen LogP contribution in [0.5, 0.6) is 0 Å². The van der Waals surface area contributed by atoms with E-state index in [0.29, 0.717) is 61.5 Å². The highest BCUT2D eigenvalue weighted by Crippen LogP contribution is 2.36. The number of H-pyrrole nitrogens is 1. The van der Waals surface area contributed by atoms with E-state index in [4.69, 9.17) is 23.9 Å². The molecule has 11 heteroatoms. The van der Waals surface area contributed by atoms with E-state index in [1.54, 1.807) is 0 Å². The van der Waals surface area contributed by atoms with E-state index < -0.39 is 9.73 Å². The number of nitrogens with one attached hydrogen (secondary N) is 2. The fourth-order valence-corrected chi connectivity index (χ4v) is 6.53. The molecule has 2 N–H and O–H groups in total. The summed E-state index contributed by atoms with van der Waals surface area (Å²) in [5.74, 6) is 2.24. The van der Waals surface area contributed by atoms with Crippen LogP contribution in [0.25, 0.3) is 44.5 Å². The number of rotatable bonds is 4. The molecule has 4 aromatic heterocycles. The highest BCUT2D eigenvalue weighted by molar-refractivity contribution is 7.92. The summed E-state index contributed by atoms with van der Waals surface area (Å²) in [4.78, 5) is 22.4. The molecule has 0 aliphatic carbocycles. The fraction of sp³-hybridized carbons (Fsp3) is 0.346. The highest BCUT2D eigenvalue weighted by Gasteiger charge is 2.24. The van der Waals surface area contributed by atoms with Crippen LogP contribution in [0.4, 0.5) is 5.82 Å². The SMILES string of the molecule is N=S1(=O)CCN(Cc2cnc3oc4c(N5CCOCC5)nc(-c5cccc6[nH]ccc56)nc4c3c2)CC1. The number of fused-ring (bicyclic) bond motifs is 4. The largest absolute Gasteiger partial charge is 0.432 e. The second-order valence-electron chi connectivity index (χ2n) is 9.69. The Hall–Kier alpha value is -3.54. The lowest BCUT2D eigenvalue weighted by Gasteiger charge is -2.27. The summed E-state index contributed by atoms with van der Waals surface area (Å²) >= 11 is 0. The number of hydrogen-bond acceptors (Lipinski definition) is 9. The number of nitrogens with zero attached hydrogens (tertiary/aromatic N) is 5.